The van der Waals surface area contributed by atoms with Crippen molar-refractivity contribution in [3.05, 3.63) is 12.7 Å². The van der Waals surface area contributed by atoms with Crippen LogP contribution in [0.15, 0.2) is 12.7 Å². The van der Waals surface area contributed by atoms with Crippen molar-refractivity contribution >= 4 is 5.91 Å². The number of hydrogen-bond donors (Lipinski definition) is 2. The molecule has 2 atom stereocenters. The van der Waals surface area contributed by atoms with Crippen LogP contribution in [0.5, 0.6) is 0 Å². The standard InChI is InChI=1S/C13H24N2O/c1-3-7-14-10-13(16)15-9-12-6-4-5-11(2)8-12/h3,11-12,14H,1,4-10H2,2H3,(H,15,16). The van der Waals surface area contributed by atoms with Gasteiger partial charge in [-0.05, 0) is 24.7 Å². The van der Waals surface area contributed by atoms with Gasteiger partial charge < -0.3 is 10.6 Å². The van der Waals surface area contributed by atoms with Gasteiger partial charge in [-0.3, -0.25) is 4.79 Å². The maximum atomic E-state index is 11.4. The zero-order valence-electron chi connectivity index (χ0n) is 10.3. The lowest BCUT2D eigenvalue weighted by Gasteiger charge is -2.26. The highest BCUT2D eigenvalue weighted by Crippen LogP contribution is 2.27. The van der Waals surface area contributed by atoms with E-state index in [1.54, 1.807) is 6.08 Å². The second kappa shape index (κ2) is 7.44. The molecule has 0 aromatic heterocycles. The summed E-state index contributed by atoms with van der Waals surface area (Å²) in [7, 11) is 0. The molecule has 0 aromatic rings. The van der Waals surface area contributed by atoms with Crippen LogP contribution in [0, 0.1) is 11.8 Å². The summed E-state index contributed by atoms with van der Waals surface area (Å²) >= 11 is 0. The highest BCUT2D eigenvalue weighted by atomic mass is 16.1. The van der Waals surface area contributed by atoms with Crippen LogP contribution in [0.4, 0.5) is 0 Å². The van der Waals surface area contributed by atoms with E-state index in [9.17, 15) is 4.79 Å². The lowest BCUT2D eigenvalue weighted by atomic mass is 9.82. The van der Waals surface area contributed by atoms with Gasteiger partial charge in [0.1, 0.15) is 0 Å². The third-order valence-electron chi connectivity index (χ3n) is 3.21. The number of carbonyl (C=O) groups is 1. The van der Waals surface area contributed by atoms with E-state index in [1.165, 1.54) is 25.7 Å². The van der Waals surface area contributed by atoms with Crippen molar-refractivity contribution in [1.82, 2.24) is 10.6 Å². The number of nitrogens with one attached hydrogen (secondary N) is 2. The SMILES string of the molecule is C=CCNCC(=O)NCC1CCCC(C)C1. The second-order valence-corrected chi connectivity index (χ2v) is 4.86. The number of amides is 1. The minimum absolute atomic E-state index is 0.0973. The number of hydrogen-bond acceptors (Lipinski definition) is 2. The molecule has 0 heterocycles. The Morgan fingerprint density at radius 3 is 3.00 bits per heavy atom. The molecule has 0 aromatic carbocycles. The first-order valence-electron chi connectivity index (χ1n) is 6.30. The quantitative estimate of drug-likeness (QED) is 0.532. The Morgan fingerprint density at radius 1 is 1.50 bits per heavy atom. The minimum Gasteiger partial charge on any atom is -0.355 e. The van der Waals surface area contributed by atoms with Gasteiger partial charge in [0.25, 0.3) is 0 Å². The zero-order chi connectivity index (χ0) is 11.8. The molecule has 0 radical (unpaired) electrons. The Hall–Kier alpha value is -0.830. The second-order valence-electron chi connectivity index (χ2n) is 4.86. The fraction of sp³-hybridized carbons (Fsp3) is 0.769. The molecule has 3 nitrogen and oxygen atoms in total. The predicted molar refractivity (Wildman–Crippen MR) is 67.2 cm³/mol. The summed E-state index contributed by atoms with van der Waals surface area (Å²) < 4.78 is 0. The lowest BCUT2D eigenvalue weighted by molar-refractivity contribution is -0.120. The average molecular weight is 224 g/mol. The number of carbonyl (C=O) groups excluding carboxylic acids is 1. The molecule has 0 aliphatic heterocycles. The van der Waals surface area contributed by atoms with Gasteiger partial charge in [0, 0.05) is 13.1 Å². The fourth-order valence-corrected chi connectivity index (χ4v) is 2.35. The van der Waals surface area contributed by atoms with Gasteiger partial charge in [-0.25, -0.2) is 0 Å². The molecule has 16 heavy (non-hydrogen) atoms. The van der Waals surface area contributed by atoms with Crippen LogP contribution < -0.4 is 10.6 Å². The van der Waals surface area contributed by atoms with Crippen molar-refractivity contribution in [2.45, 2.75) is 32.6 Å². The van der Waals surface area contributed by atoms with Crippen LogP contribution in [0.25, 0.3) is 0 Å². The lowest BCUT2D eigenvalue weighted by Crippen LogP contribution is -2.37. The Labute approximate surface area is 98.7 Å². The highest BCUT2D eigenvalue weighted by molar-refractivity contribution is 5.77. The predicted octanol–water partition coefficient (Wildman–Crippen LogP) is 1.70. The molecule has 1 aliphatic rings. The molecule has 2 N–H and O–H groups in total. The summed E-state index contributed by atoms with van der Waals surface area (Å²) in [6.07, 6.45) is 6.96. The first-order chi connectivity index (χ1) is 7.72. The topological polar surface area (TPSA) is 41.1 Å². The molecule has 3 heteroatoms. The molecule has 1 fully saturated rings. The molecule has 2 unspecified atom stereocenters. The van der Waals surface area contributed by atoms with Crippen molar-refractivity contribution in [2.24, 2.45) is 11.8 Å². The Kier molecular flexibility index (Phi) is 6.16. The third-order valence-corrected chi connectivity index (χ3v) is 3.21. The van der Waals surface area contributed by atoms with Gasteiger partial charge >= 0.3 is 0 Å². The molecule has 1 saturated carbocycles. The van der Waals surface area contributed by atoms with E-state index in [2.05, 4.69) is 24.1 Å². The van der Waals surface area contributed by atoms with E-state index in [1.807, 2.05) is 0 Å². The van der Waals surface area contributed by atoms with Crippen LogP contribution in [0.2, 0.25) is 0 Å². The van der Waals surface area contributed by atoms with E-state index >= 15 is 0 Å². The van der Waals surface area contributed by atoms with Crippen LogP contribution in [0.3, 0.4) is 0 Å². The van der Waals surface area contributed by atoms with Gasteiger partial charge in [-0.1, -0.05) is 25.8 Å². The largest absolute Gasteiger partial charge is 0.355 e. The van der Waals surface area contributed by atoms with Crippen molar-refractivity contribution in [1.29, 1.82) is 0 Å². The van der Waals surface area contributed by atoms with E-state index in [0.29, 0.717) is 19.0 Å². The smallest absolute Gasteiger partial charge is 0.233 e. The monoisotopic (exact) mass is 224 g/mol. The van der Waals surface area contributed by atoms with E-state index in [-0.39, 0.29) is 5.91 Å². The first-order valence-corrected chi connectivity index (χ1v) is 6.30. The Balaban J connectivity index is 2.08. The Bertz CT molecular complexity index is 228. The average Bonchev–Trinajstić information content (AvgIpc) is 2.27. The molecular weight excluding hydrogens is 200 g/mol. The zero-order valence-corrected chi connectivity index (χ0v) is 10.3. The summed E-state index contributed by atoms with van der Waals surface area (Å²) in [6, 6.07) is 0. The van der Waals surface area contributed by atoms with Crippen LogP contribution in [0.1, 0.15) is 32.6 Å². The van der Waals surface area contributed by atoms with Crippen molar-refractivity contribution in [3.8, 4) is 0 Å². The summed E-state index contributed by atoms with van der Waals surface area (Å²) in [5, 5.41) is 6.00. The van der Waals surface area contributed by atoms with E-state index in [4.69, 9.17) is 0 Å². The molecule has 0 saturated heterocycles. The van der Waals surface area contributed by atoms with Gasteiger partial charge in [-0.2, -0.15) is 0 Å². The van der Waals surface area contributed by atoms with E-state index < -0.39 is 0 Å². The van der Waals surface area contributed by atoms with Crippen LogP contribution in [-0.2, 0) is 4.79 Å². The van der Waals surface area contributed by atoms with Gasteiger partial charge in [0.2, 0.25) is 5.91 Å². The molecule has 0 spiro atoms. The van der Waals surface area contributed by atoms with Crippen molar-refractivity contribution in [3.63, 3.8) is 0 Å². The summed E-state index contributed by atoms with van der Waals surface area (Å²) in [5.74, 6) is 1.61. The van der Waals surface area contributed by atoms with Gasteiger partial charge in [0.05, 0.1) is 6.54 Å². The summed E-state index contributed by atoms with van der Waals surface area (Å²) in [4.78, 5) is 11.4. The van der Waals surface area contributed by atoms with Gasteiger partial charge in [0.15, 0.2) is 0 Å². The number of rotatable bonds is 6. The first kappa shape index (κ1) is 13.2. The Morgan fingerprint density at radius 2 is 2.31 bits per heavy atom. The molecule has 1 aliphatic carbocycles. The maximum Gasteiger partial charge on any atom is 0.233 e. The normalized spacial score (nSPS) is 25.1. The molecule has 0 bridgehead atoms. The van der Waals surface area contributed by atoms with Crippen molar-refractivity contribution < 1.29 is 4.79 Å². The molecule has 1 amide bonds. The maximum absolute atomic E-state index is 11.4. The minimum atomic E-state index is 0.0973. The van der Waals surface area contributed by atoms with Crippen molar-refractivity contribution in [2.75, 3.05) is 19.6 Å². The highest BCUT2D eigenvalue weighted by Gasteiger charge is 2.18. The van der Waals surface area contributed by atoms with Crippen LogP contribution in [-0.4, -0.2) is 25.5 Å². The third kappa shape index (κ3) is 5.31. The molecule has 92 valence electrons. The summed E-state index contributed by atoms with van der Waals surface area (Å²) in [5.41, 5.74) is 0. The van der Waals surface area contributed by atoms with Crippen LogP contribution >= 0.6 is 0 Å². The molecular formula is C13H24N2O. The van der Waals surface area contributed by atoms with E-state index in [0.717, 1.165) is 12.5 Å². The molecule has 1 rings (SSSR count). The van der Waals surface area contributed by atoms with Gasteiger partial charge in [-0.15, -0.1) is 6.58 Å². The fourth-order valence-electron chi connectivity index (χ4n) is 2.35. The summed E-state index contributed by atoms with van der Waals surface area (Å²) in [6.45, 7) is 7.83.